The van der Waals surface area contributed by atoms with Gasteiger partial charge in [0.2, 0.25) is 48.0 Å². The van der Waals surface area contributed by atoms with Gasteiger partial charge in [-0.25, -0.2) is 4.90 Å². The predicted octanol–water partition coefficient (Wildman–Crippen LogP) is -11.1. The maximum absolute atomic E-state index is 12.4. The van der Waals surface area contributed by atoms with Crippen LogP contribution >= 0.6 is 70.1 Å². The second-order valence-corrected chi connectivity index (χ2v) is 34.6. The van der Waals surface area contributed by atoms with Gasteiger partial charge in [0.05, 0.1) is 86.6 Å². The van der Waals surface area contributed by atoms with Gasteiger partial charge >= 0.3 is 221 Å². The summed E-state index contributed by atoms with van der Waals surface area (Å²) in [5.41, 5.74) is 4.85. The van der Waals surface area contributed by atoms with Gasteiger partial charge in [0.15, 0.2) is 17.2 Å². The molecule has 0 aromatic heterocycles. The molecule has 0 fully saturated rings. The second-order valence-electron chi connectivity index (χ2n) is 21.0. The fraction of sp³-hybridized carbons (Fsp3) is 0.300. The fourth-order valence-electron chi connectivity index (χ4n) is 8.43. The third-order valence-corrected chi connectivity index (χ3v) is 23.9. The number of esters is 1. The van der Waals surface area contributed by atoms with Crippen molar-refractivity contribution >= 4 is 130 Å². The Hall–Kier alpha value is 0.220. The first kappa shape index (κ1) is 115. The van der Waals surface area contributed by atoms with Crippen LogP contribution in [0.15, 0.2) is 174 Å². The summed E-state index contributed by atoms with van der Waals surface area (Å²) in [5, 5.41) is 55.3. The van der Waals surface area contributed by atoms with Crippen LogP contribution in [0.5, 0.6) is 34.5 Å². The second kappa shape index (κ2) is 64.1. The van der Waals surface area contributed by atoms with Gasteiger partial charge < -0.3 is 78.0 Å². The molecule has 0 amide bonds. The largest absolute Gasteiger partial charge is 1.00 e. The average molecular weight is 1820 g/mol. The maximum Gasteiger partial charge on any atom is 1.00 e. The number of methoxy groups -OCH3 is 4. The summed E-state index contributed by atoms with van der Waals surface area (Å²) in [6.45, 7) is 4.18. The molecule has 0 aliphatic heterocycles. The van der Waals surface area contributed by atoms with E-state index in [1.165, 1.54) is 9.56 Å². The Morgan fingerprint density at radius 1 is 0.541 bits per heavy atom. The number of nitrogens with zero attached hydrogens (tertiary/aromatic N) is 9. The summed E-state index contributed by atoms with van der Waals surface area (Å²) in [7, 11) is -9.00. The van der Waals surface area contributed by atoms with Crippen LogP contribution in [-0.4, -0.2) is 164 Å². The van der Waals surface area contributed by atoms with Crippen LogP contribution < -0.4 is 236 Å². The number of benzene rings is 6. The number of rotatable bonds is 44. The minimum Gasteiger partial charge on any atom is -0.778 e. The molecular formula is C60H75N9Na6O24P9S3+5. The van der Waals surface area contributed by atoms with E-state index in [1.54, 1.807) is 133 Å². The molecule has 111 heavy (non-hydrogen) atoms. The molecule has 0 spiro atoms. The molecule has 0 heterocycles. The molecule has 6 aromatic carbocycles. The molecule has 568 valence electrons. The first-order valence-corrected chi connectivity index (χ1v) is 45.1. The van der Waals surface area contributed by atoms with Crippen LogP contribution in [0.3, 0.4) is 0 Å². The van der Waals surface area contributed by atoms with E-state index in [4.69, 9.17) is 77.7 Å². The molecule has 11 atom stereocenters. The van der Waals surface area contributed by atoms with Crippen molar-refractivity contribution in [3.63, 3.8) is 0 Å². The molecule has 33 nitrogen and oxygen atoms in total. The average Bonchev–Trinajstić information content (AvgIpc) is 0.848. The Kier molecular flexibility index (Phi) is 66.6. The number of ether oxygens (including phenoxy) is 4. The minimum absolute atomic E-state index is 0. The summed E-state index contributed by atoms with van der Waals surface area (Å²) < 4.78 is 103. The van der Waals surface area contributed by atoms with Crippen molar-refractivity contribution < 1.29 is 292 Å². The SMILES string of the molecule is C=CCN(CPO[O-])C(PO[O-])c1ccc(O[P+](=S)N(C)/N=C/c2ccc(OC)cc2)cc1.COC(=O)C(Cc1ccc(O[P+](=S)N(C)/N=C/c2ccc(OC)cc2)cc1)N(C[P+](=O)O[O-])C[P+](=O)O[O-].COc1ccc(/C=N/N(C)[P+](=S)Oc2ccc(CCN(CP(=O)([O-])O)CP(=O)([O-])O)cc2)cc1.[Na+].[Na+].[Na+].[Na+].[Na+].[Na+]. The molecule has 0 aliphatic rings. The fourth-order valence-corrected chi connectivity index (χ4v) is 15.8. The number of hydrazone groups is 3. The van der Waals surface area contributed by atoms with Crippen molar-refractivity contribution in [3.05, 3.63) is 192 Å². The van der Waals surface area contributed by atoms with Gasteiger partial charge in [-0.1, -0.05) is 56.8 Å². The third-order valence-electron chi connectivity index (χ3n) is 13.6. The van der Waals surface area contributed by atoms with Crippen molar-refractivity contribution in [2.24, 2.45) is 15.3 Å². The molecule has 6 rings (SSSR count). The van der Waals surface area contributed by atoms with E-state index in [0.717, 1.165) is 62.0 Å². The Bertz CT molecular complexity index is 3900. The Morgan fingerprint density at radius 3 is 1.19 bits per heavy atom. The number of hydrogen-bond acceptors (Lipinski definition) is 31. The van der Waals surface area contributed by atoms with Crippen LogP contribution in [0.4, 0.5) is 0 Å². The van der Waals surface area contributed by atoms with Crippen LogP contribution in [0.1, 0.15) is 39.2 Å². The summed E-state index contributed by atoms with van der Waals surface area (Å²) in [5.74, 6) is 2.69. The third kappa shape index (κ3) is 47.9. The van der Waals surface area contributed by atoms with E-state index in [-0.39, 0.29) is 220 Å². The van der Waals surface area contributed by atoms with Crippen molar-refractivity contribution in [2.45, 2.75) is 24.7 Å². The maximum atomic E-state index is 12.4. The van der Waals surface area contributed by atoms with Crippen molar-refractivity contribution in [1.29, 1.82) is 0 Å². The van der Waals surface area contributed by atoms with E-state index in [1.807, 2.05) is 89.8 Å². The Balaban J connectivity index is -0.00000154. The van der Waals surface area contributed by atoms with Crippen molar-refractivity contribution in [1.82, 2.24) is 29.0 Å². The molecule has 0 saturated carbocycles. The van der Waals surface area contributed by atoms with Crippen LogP contribution in [0.25, 0.3) is 0 Å². The molecule has 0 aliphatic carbocycles. The first-order chi connectivity index (χ1) is 50.1. The molecular weight excluding hydrogens is 1740 g/mol. The van der Waals surface area contributed by atoms with Gasteiger partial charge in [0, 0.05) is 37.0 Å². The zero-order chi connectivity index (χ0) is 77.5. The van der Waals surface area contributed by atoms with Gasteiger partial charge in [0.25, 0.3) is 0 Å². The van der Waals surface area contributed by atoms with Crippen molar-refractivity contribution in [2.75, 3.05) is 94.1 Å². The van der Waals surface area contributed by atoms with Gasteiger partial charge in [-0.05, 0) is 165 Å². The van der Waals surface area contributed by atoms with Gasteiger partial charge in [-0.3, -0.25) is 28.2 Å². The zero-order valence-corrected chi connectivity index (χ0v) is 85.9. The summed E-state index contributed by atoms with van der Waals surface area (Å²) in [4.78, 5) is 56.6. The Labute approximate surface area is 800 Å². The number of hydrogen-bond donors (Lipinski definition) is 2. The molecule has 0 radical (unpaired) electrons. The number of carbonyl (C=O) groups is 1. The van der Waals surface area contributed by atoms with Gasteiger partial charge in [0.1, 0.15) is 38.5 Å². The normalized spacial score (nSPS) is 13.2. The van der Waals surface area contributed by atoms with Crippen LogP contribution in [-0.2, 0) is 94.8 Å². The van der Waals surface area contributed by atoms with Crippen molar-refractivity contribution in [3.8, 4) is 34.5 Å². The summed E-state index contributed by atoms with van der Waals surface area (Å²) >= 11 is 16.3. The van der Waals surface area contributed by atoms with E-state index < -0.39 is 89.6 Å². The van der Waals surface area contributed by atoms with Gasteiger partial charge in [-0.15, -0.1) is 21.9 Å². The van der Waals surface area contributed by atoms with Crippen LogP contribution in [0, 0.1) is 0 Å². The molecule has 2 N–H and O–H groups in total. The summed E-state index contributed by atoms with van der Waals surface area (Å²) in [6.07, 6.45) is 4.44. The molecule has 51 heteroatoms. The first-order valence-electron chi connectivity index (χ1n) is 30.1. The van der Waals surface area contributed by atoms with E-state index in [0.29, 0.717) is 35.6 Å². The summed E-state index contributed by atoms with van der Waals surface area (Å²) in [6, 6.07) is 41.7. The quantitative estimate of drug-likeness (QED) is 0.00682. The number of carbonyl (C=O) groups excluding carboxylic acids is 1. The van der Waals surface area contributed by atoms with E-state index in [2.05, 4.69) is 40.6 Å². The molecule has 0 bridgehead atoms. The topological polar surface area (TPSA) is 422 Å². The van der Waals surface area contributed by atoms with Crippen LogP contribution in [0.2, 0.25) is 0 Å². The van der Waals surface area contributed by atoms with E-state index in [9.17, 15) is 53.9 Å². The minimum atomic E-state index is -4.74. The molecule has 0 saturated heterocycles. The van der Waals surface area contributed by atoms with E-state index >= 15 is 0 Å². The predicted molar refractivity (Wildman–Crippen MR) is 401 cm³/mol. The molecule has 11 unspecified atom stereocenters. The molecule has 6 aromatic rings. The smallest absolute Gasteiger partial charge is 0.778 e. The zero-order valence-electron chi connectivity index (χ0n) is 63.1. The standard InChI is InChI=1S/C21H25N3O10P3S.C20H26N3O6P3S.C19H26N3O8P3S.6Na/c1-23(22-13-17-6-8-18(30-2)9-7-17)37(38)32-19-10-4-16(5-11-19)12-20(21(25)31-3)24(14-35(28)33-26)15-36(29)34-27;1-4-13-23(15-30-28-24)20(31-29-25)17-7-11-19(12-8-17)27-32(33)22(2)21-14-16-5-9-18(26-3)10-6-16;1-21(20-13-17-5-7-18(29-2)8-6-17)31(34)30-19-9-3-16(4-10-19)11-12-22(14-32(23,24)25)15-33(26,27)28;;;;;;/h4-11,13,20H,12,14-15H2,1-3H3;4-12,14,20,30-31H,1,13,15H2,2-3H3,(H-,24,25);3-10,13H,11-12,14-15H2,1-2H3,(H3-,23,24,25,26,27,28);;;;;;/q+1;;;6*+1/p-2/b22-13+;21-14+;20-13+;;;;;;. The Morgan fingerprint density at radius 2 is 0.883 bits per heavy atom. The van der Waals surface area contributed by atoms with Gasteiger partial charge in [-0.2, -0.15) is 9.35 Å². The monoisotopic (exact) mass is 1820 g/mol.